The second-order valence-electron chi connectivity index (χ2n) is 4.94. The zero-order valence-electron chi connectivity index (χ0n) is 14.1. The van der Waals surface area contributed by atoms with Crippen LogP contribution in [0.4, 0.5) is 0 Å². The summed E-state index contributed by atoms with van der Waals surface area (Å²) in [7, 11) is 0. The quantitative estimate of drug-likeness (QED) is 0.292. The molecule has 0 rings (SSSR count). The predicted molar refractivity (Wildman–Crippen MR) is 88.1 cm³/mol. The van der Waals surface area contributed by atoms with Gasteiger partial charge in [-0.25, -0.2) is 14.4 Å². The van der Waals surface area contributed by atoms with Gasteiger partial charge in [0.05, 0.1) is 12.2 Å². The molecule has 0 fully saturated rings. The van der Waals surface area contributed by atoms with Crippen LogP contribution in [0.3, 0.4) is 0 Å². The number of rotatable bonds is 9. The van der Waals surface area contributed by atoms with Crippen LogP contribution in [0.5, 0.6) is 0 Å². The molecule has 0 aromatic heterocycles. The van der Waals surface area contributed by atoms with Crippen molar-refractivity contribution in [2.75, 3.05) is 6.61 Å². The molecule has 0 aliphatic rings. The molecular formula is C17H26O6. The summed E-state index contributed by atoms with van der Waals surface area (Å²) in [6.07, 6.45) is 5.32. The molecule has 0 spiro atoms. The van der Waals surface area contributed by atoms with Crippen LogP contribution in [0.1, 0.15) is 46.5 Å². The first-order valence-corrected chi connectivity index (χ1v) is 7.29. The van der Waals surface area contributed by atoms with Crippen molar-refractivity contribution < 1.29 is 29.3 Å². The maximum atomic E-state index is 11.4. The number of carboxylic acid groups (broad SMARTS) is 2. The molecule has 0 aromatic rings. The summed E-state index contributed by atoms with van der Waals surface area (Å²) in [5.74, 6) is -2.56. The Morgan fingerprint density at radius 3 is 1.91 bits per heavy atom. The summed E-state index contributed by atoms with van der Waals surface area (Å²) in [5.41, 5.74) is 0.313. The van der Waals surface area contributed by atoms with Gasteiger partial charge in [-0.2, -0.15) is 0 Å². The molecule has 0 aliphatic carbocycles. The van der Waals surface area contributed by atoms with Gasteiger partial charge in [-0.1, -0.05) is 39.3 Å². The first-order chi connectivity index (χ1) is 10.6. The van der Waals surface area contributed by atoms with E-state index in [9.17, 15) is 14.4 Å². The number of unbranched alkanes of at least 4 members (excludes halogenated alkanes) is 3. The topological polar surface area (TPSA) is 101 Å². The van der Waals surface area contributed by atoms with E-state index in [1.54, 1.807) is 0 Å². The fraction of sp³-hybridized carbons (Fsp3) is 0.471. The lowest BCUT2D eigenvalue weighted by molar-refractivity contribution is -0.138. The third kappa shape index (κ3) is 14.3. The minimum absolute atomic E-state index is 0.0675. The molecule has 0 radical (unpaired) electrons. The highest BCUT2D eigenvalue weighted by Crippen LogP contribution is 2.05. The fourth-order valence-corrected chi connectivity index (χ4v) is 1.17. The second-order valence-corrected chi connectivity index (χ2v) is 4.94. The molecule has 0 aliphatic heterocycles. The van der Waals surface area contributed by atoms with E-state index in [1.807, 2.05) is 0 Å². The standard InChI is InChI=1S/C13H20O4.C4H6O2/c1-4-5-6-7-8-17-13(16)11(3)9-10(2)12(14)15;1-3(2)4(5)6/h9H,3-8H2,1-2H3,(H,14,15);1H2,2H3,(H,5,6). The first kappa shape index (κ1) is 22.9. The molecule has 23 heavy (non-hydrogen) atoms. The lowest BCUT2D eigenvalue weighted by atomic mass is 10.2. The van der Waals surface area contributed by atoms with Crippen molar-refractivity contribution in [1.29, 1.82) is 0 Å². The molecule has 2 N–H and O–H groups in total. The van der Waals surface area contributed by atoms with Crippen molar-refractivity contribution in [2.24, 2.45) is 0 Å². The highest BCUT2D eigenvalue weighted by molar-refractivity contribution is 5.94. The number of ether oxygens (including phenoxy) is 1. The van der Waals surface area contributed by atoms with Gasteiger partial charge in [0.15, 0.2) is 0 Å². The molecule has 0 bridgehead atoms. The van der Waals surface area contributed by atoms with Crippen molar-refractivity contribution in [3.05, 3.63) is 36.0 Å². The molecule has 0 saturated heterocycles. The van der Waals surface area contributed by atoms with E-state index in [1.165, 1.54) is 19.9 Å². The average molecular weight is 326 g/mol. The van der Waals surface area contributed by atoms with Crippen molar-refractivity contribution in [2.45, 2.75) is 46.5 Å². The Bertz CT molecular complexity index is 461. The Morgan fingerprint density at radius 1 is 1.00 bits per heavy atom. The summed E-state index contributed by atoms with van der Waals surface area (Å²) >= 11 is 0. The van der Waals surface area contributed by atoms with Gasteiger partial charge in [0.1, 0.15) is 0 Å². The number of esters is 1. The van der Waals surface area contributed by atoms with Gasteiger partial charge in [-0.15, -0.1) is 0 Å². The molecule has 0 unspecified atom stereocenters. The fourth-order valence-electron chi connectivity index (χ4n) is 1.17. The highest BCUT2D eigenvalue weighted by atomic mass is 16.5. The Kier molecular flexibility index (Phi) is 13.2. The summed E-state index contributed by atoms with van der Waals surface area (Å²) in [6.45, 7) is 11.9. The van der Waals surface area contributed by atoms with E-state index >= 15 is 0 Å². The number of aliphatic carboxylic acids is 2. The molecule has 0 heterocycles. The Labute approximate surface area is 137 Å². The third-order valence-corrected chi connectivity index (χ3v) is 2.59. The largest absolute Gasteiger partial charge is 0.478 e. The summed E-state index contributed by atoms with van der Waals surface area (Å²) in [6, 6.07) is 0. The molecule has 130 valence electrons. The molecule has 0 aromatic carbocycles. The lowest BCUT2D eigenvalue weighted by Crippen LogP contribution is -2.08. The number of hydrogen-bond acceptors (Lipinski definition) is 4. The smallest absolute Gasteiger partial charge is 0.337 e. The van der Waals surface area contributed by atoms with Gasteiger partial charge in [-0.3, -0.25) is 0 Å². The van der Waals surface area contributed by atoms with Crippen molar-refractivity contribution in [3.63, 3.8) is 0 Å². The maximum absolute atomic E-state index is 11.4. The number of carbonyl (C=O) groups is 3. The van der Waals surface area contributed by atoms with Crippen molar-refractivity contribution >= 4 is 17.9 Å². The SMILES string of the molecule is C=C(C)C(=O)O.C=C(C=C(C)C(=O)O)C(=O)OCCCCCC. The average Bonchev–Trinajstić information content (AvgIpc) is 2.46. The van der Waals surface area contributed by atoms with Gasteiger partial charge >= 0.3 is 17.9 Å². The molecule has 6 nitrogen and oxygen atoms in total. The van der Waals surface area contributed by atoms with Crippen molar-refractivity contribution in [3.8, 4) is 0 Å². The minimum atomic E-state index is -1.07. The highest BCUT2D eigenvalue weighted by Gasteiger charge is 2.08. The molecule has 0 atom stereocenters. The molecule has 0 amide bonds. The Hall–Kier alpha value is -2.37. The second kappa shape index (κ2) is 13.3. The first-order valence-electron chi connectivity index (χ1n) is 7.29. The van der Waals surface area contributed by atoms with Gasteiger partial charge in [-0.05, 0) is 26.3 Å². The van der Waals surface area contributed by atoms with Gasteiger partial charge in [0.25, 0.3) is 0 Å². The Morgan fingerprint density at radius 2 is 1.52 bits per heavy atom. The van der Waals surface area contributed by atoms with Crippen LogP contribution in [-0.4, -0.2) is 34.7 Å². The van der Waals surface area contributed by atoms with Gasteiger partial charge < -0.3 is 14.9 Å². The van der Waals surface area contributed by atoms with Gasteiger partial charge in [0, 0.05) is 11.1 Å². The van der Waals surface area contributed by atoms with Crippen LogP contribution in [0, 0.1) is 0 Å². The summed E-state index contributed by atoms with van der Waals surface area (Å²) in [5, 5.41) is 16.5. The number of carboxylic acids is 2. The van der Waals surface area contributed by atoms with E-state index < -0.39 is 17.9 Å². The maximum Gasteiger partial charge on any atom is 0.337 e. The van der Waals surface area contributed by atoms with Crippen LogP contribution in [0.2, 0.25) is 0 Å². The van der Waals surface area contributed by atoms with Gasteiger partial charge in [0.2, 0.25) is 0 Å². The normalized spacial score (nSPS) is 10.1. The predicted octanol–water partition coefficient (Wildman–Crippen LogP) is 3.34. The number of hydrogen-bond donors (Lipinski definition) is 2. The molecule has 0 saturated carbocycles. The van der Waals surface area contributed by atoms with Crippen LogP contribution < -0.4 is 0 Å². The third-order valence-electron chi connectivity index (χ3n) is 2.59. The number of carbonyl (C=O) groups excluding carboxylic acids is 1. The monoisotopic (exact) mass is 326 g/mol. The van der Waals surface area contributed by atoms with Crippen LogP contribution in [0.15, 0.2) is 36.0 Å². The molecule has 6 heteroatoms. The lowest BCUT2D eigenvalue weighted by Gasteiger charge is -2.04. The molecular weight excluding hydrogens is 300 g/mol. The zero-order valence-corrected chi connectivity index (χ0v) is 14.1. The summed E-state index contributed by atoms with van der Waals surface area (Å²) in [4.78, 5) is 31.5. The minimum Gasteiger partial charge on any atom is -0.478 e. The van der Waals surface area contributed by atoms with E-state index in [0.717, 1.165) is 25.7 Å². The Balaban J connectivity index is 0. The van der Waals surface area contributed by atoms with E-state index in [4.69, 9.17) is 14.9 Å². The summed E-state index contributed by atoms with van der Waals surface area (Å²) < 4.78 is 4.96. The zero-order chi connectivity index (χ0) is 18.4. The van der Waals surface area contributed by atoms with E-state index in [2.05, 4.69) is 20.1 Å². The van der Waals surface area contributed by atoms with Crippen LogP contribution in [0.25, 0.3) is 0 Å². The van der Waals surface area contributed by atoms with E-state index in [-0.39, 0.29) is 16.7 Å². The van der Waals surface area contributed by atoms with Crippen LogP contribution >= 0.6 is 0 Å². The van der Waals surface area contributed by atoms with Crippen molar-refractivity contribution in [1.82, 2.24) is 0 Å². The van der Waals surface area contributed by atoms with Crippen LogP contribution in [-0.2, 0) is 19.1 Å². The van der Waals surface area contributed by atoms with E-state index in [0.29, 0.717) is 6.61 Å².